The molecule has 0 aliphatic heterocycles. The molecule has 5 rings (SSSR count). The minimum atomic E-state index is 0.432. The fourth-order valence-electron chi connectivity index (χ4n) is 3.32. The van der Waals surface area contributed by atoms with Crippen molar-refractivity contribution in [1.82, 2.24) is 0 Å². The number of fused-ring (bicyclic) bond motifs is 6. The highest BCUT2D eigenvalue weighted by molar-refractivity contribution is 6.30. The van der Waals surface area contributed by atoms with E-state index in [2.05, 4.69) is 54.6 Å². The fraction of sp³-hybridized carbons (Fsp3) is 0. The predicted octanol–water partition coefficient (Wildman–Crippen LogP) is 6.55. The largest absolute Gasteiger partial charge is 0.445 e. The van der Waals surface area contributed by atoms with Crippen LogP contribution in [0.25, 0.3) is 43.3 Å². The number of hydrogen-bond donors (Lipinski definition) is 0. The molecule has 0 amide bonds. The van der Waals surface area contributed by atoms with E-state index in [1.807, 2.05) is 12.1 Å². The number of furan rings is 1. The Bertz CT molecular complexity index is 1180. The first-order valence-corrected chi connectivity index (χ1v) is 7.61. The van der Waals surface area contributed by atoms with Crippen LogP contribution in [0.1, 0.15) is 0 Å². The van der Waals surface area contributed by atoms with Crippen molar-refractivity contribution in [3.63, 3.8) is 0 Å². The molecule has 0 spiro atoms. The molecule has 22 heavy (non-hydrogen) atoms. The van der Waals surface area contributed by atoms with E-state index < -0.39 is 0 Å². The van der Waals surface area contributed by atoms with Crippen LogP contribution < -0.4 is 0 Å². The Hall–Kier alpha value is -2.51. The minimum Gasteiger partial charge on any atom is -0.445 e. The Morgan fingerprint density at radius 3 is 2.18 bits per heavy atom. The molecule has 0 N–H and O–H groups in total. The Labute approximate surface area is 131 Å². The molecular weight excluding hydrogens is 292 g/mol. The summed E-state index contributed by atoms with van der Waals surface area (Å²) in [4.78, 5) is 0. The number of hydrogen-bond acceptors (Lipinski definition) is 1. The van der Waals surface area contributed by atoms with E-state index in [1.54, 1.807) is 0 Å². The van der Waals surface area contributed by atoms with Gasteiger partial charge in [0, 0.05) is 11.5 Å². The normalized spacial score (nSPS) is 11.9. The van der Waals surface area contributed by atoms with Gasteiger partial charge in [0.1, 0.15) is 5.58 Å². The topological polar surface area (TPSA) is 13.1 Å². The van der Waals surface area contributed by atoms with E-state index >= 15 is 0 Å². The van der Waals surface area contributed by atoms with E-state index in [0.29, 0.717) is 5.22 Å². The maximum atomic E-state index is 6.01. The van der Waals surface area contributed by atoms with Crippen molar-refractivity contribution in [3.8, 4) is 0 Å². The standard InChI is InChI=1S/C20H11ClO/c21-20-11-18-16-6-5-14-9-12-3-1-2-4-13(12)10-17(14)15(16)7-8-19(18)22-20/h1-11H. The van der Waals surface area contributed by atoms with Crippen molar-refractivity contribution < 1.29 is 4.42 Å². The van der Waals surface area contributed by atoms with Crippen molar-refractivity contribution in [2.75, 3.05) is 0 Å². The highest BCUT2D eigenvalue weighted by atomic mass is 35.5. The van der Waals surface area contributed by atoms with Crippen molar-refractivity contribution >= 4 is 54.9 Å². The molecule has 104 valence electrons. The highest BCUT2D eigenvalue weighted by Gasteiger charge is 2.09. The first-order chi connectivity index (χ1) is 10.8. The summed E-state index contributed by atoms with van der Waals surface area (Å²) in [5.41, 5.74) is 0.831. The van der Waals surface area contributed by atoms with Crippen LogP contribution in [0.5, 0.6) is 0 Å². The third-order valence-electron chi connectivity index (χ3n) is 4.35. The molecule has 1 heterocycles. The van der Waals surface area contributed by atoms with Gasteiger partial charge in [-0.15, -0.1) is 0 Å². The second-order valence-electron chi connectivity index (χ2n) is 5.61. The smallest absolute Gasteiger partial charge is 0.194 e. The molecule has 2 heteroatoms. The van der Waals surface area contributed by atoms with Gasteiger partial charge in [0.2, 0.25) is 0 Å². The molecule has 5 aromatic rings. The summed E-state index contributed by atoms with van der Waals surface area (Å²) in [5.74, 6) is 0. The Kier molecular flexibility index (Phi) is 2.33. The van der Waals surface area contributed by atoms with Crippen LogP contribution in [0.2, 0.25) is 5.22 Å². The number of halogens is 1. The lowest BCUT2D eigenvalue weighted by atomic mass is 9.97. The third-order valence-corrected chi connectivity index (χ3v) is 4.54. The van der Waals surface area contributed by atoms with Gasteiger partial charge in [-0.05, 0) is 62.1 Å². The third kappa shape index (κ3) is 1.60. The summed E-state index contributed by atoms with van der Waals surface area (Å²) in [6, 6.07) is 23.3. The lowest BCUT2D eigenvalue weighted by Crippen LogP contribution is -1.80. The van der Waals surface area contributed by atoms with Crippen LogP contribution >= 0.6 is 11.6 Å². The van der Waals surface area contributed by atoms with E-state index in [-0.39, 0.29) is 0 Å². The van der Waals surface area contributed by atoms with Gasteiger partial charge >= 0.3 is 0 Å². The van der Waals surface area contributed by atoms with Crippen LogP contribution in [0.15, 0.2) is 71.1 Å². The van der Waals surface area contributed by atoms with Gasteiger partial charge in [-0.2, -0.15) is 0 Å². The number of benzene rings is 4. The van der Waals surface area contributed by atoms with Crippen molar-refractivity contribution in [1.29, 1.82) is 0 Å². The van der Waals surface area contributed by atoms with Crippen molar-refractivity contribution in [3.05, 3.63) is 71.9 Å². The molecule has 0 unspecified atom stereocenters. The van der Waals surface area contributed by atoms with Gasteiger partial charge in [-0.1, -0.05) is 42.5 Å². The van der Waals surface area contributed by atoms with Gasteiger partial charge in [0.15, 0.2) is 5.22 Å². The molecule has 0 atom stereocenters. The zero-order valence-corrected chi connectivity index (χ0v) is 12.4. The second-order valence-corrected chi connectivity index (χ2v) is 5.98. The van der Waals surface area contributed by atoms with Crippen LogP contribution in [0.4, 0.5) is 0 Å². The lowest BCUT2D eigenvalue weighted by molar-refractivity contribution is 0.618. The van der Waals surface area contributed by atoms with E-state index in [1.165, 1.54) is 32.3 Å². The second kappa shape index (κ2) is 4.25. The Balaban J connectivity index is 2.01. The molecule has 4 aromatic carbocycles. The fourth-order valence-corrected chi connectivity index (χ4v) is 3.51. The molecular formula is C20H11ClO. The van der Waals surface area contributed by atoms with Crippen molar-refractivity contribution in [2.24, 2.45) is 0 Å². The minimum absolute atomic E-state index is 0.432. The zero-order chi connectivity index (χ0) is 14.7. The van der Waals surface area contributed by atoms with E-state index in [0.717, 1.165) is 11.0 Å². The SMILES string of the molecule is Clc1cc2c(ccc3c4cc5ccccc5cc4ccc23)o1. The molecule has 0 saturated carbocycles. The van der Waals surface area contributed by atoms with Gasteiger partial charge in [0.05, 0.1) is 0 Å². The molecule has 0 fully saturated rings. The zero-order valence-electron chi connectivity index (χ0n) is 11.6. The molecule has 0 saturated heterocycles. The highest BCUT2D eigenvalue weighted by Crippen LogP contribution is 2.35. The summed E-state index contributed by atoms with van der Waals surface area (Å²) < 4.78 is 5.52. The first-order valence-electron chi connectivity index (χ1n) is 7.23. The molecule has 0 bridgehead atoms. The Morgan fingerprint density at radius 1 is 0.591 bits per heavy atom. The predicted molar refractivity (Wildman–Crippen MR) is 93.7 cm³/mol. The first kappa shape index (κ1) is 12.1. The van der Waals surface area contributed by atoms with Crippen LogP contribution in [0, 0.1) is 0 Å². The van der Waals surface area contributed by atoms with E-state index in [9.17, 15) is 0 Å². The molecule has 0 aliphatic carbocycles. The maximum absolute atomic E-state index is 6.01. The monoisotopic (exact) mass is 302 g/mol. The quantitative estimate of drug-likeness (QED) is 0.234. The lowest BCUT2D eigenvalue weighted by Gasteiger charge is -2.07. The summed E-state index contributed by atoms with van der Waals surface area (Å²) in [6.07, 6.45) is 0. The van der Waals surface area contributed by atoms with Crippen molar-refractivity contribution in [2.45, 2.75) is 0 Å². The molecule has 0 aliphatic rings. The van der Waals surface area contributed by atoms with Gasteiger partial charge in [-0.3, -0.25) is 0 Å². The van der Waals surface area contributed by atoms with E-state index in [4.69, 9.17) is 16.0 Å². The summed E-state index contributed by atoms with van der Waals surface area (Å²) in [6.45, 7) is 0. The van der Waals surface area contributed by atoms with Gasteiger partial charge < -0.3 is 4.42 Å². The number of rotatable bonds is 0. The van der Waals surface area contributed by atoms with Gasteiger partial charge in [0.25, 0.3) is 0 Å². The molecule has 1 nitrogen and oxygen atoms in total. The summed E-state index contributed by atoms with van der Waals surface area (Å²) >= 11 is 6.01. The average Bonchev–Trinajstić information content (AvgIpc) is 2.93. The average molecular weight is 303 g/mol. The maximum Gasteiger partial charge on any atom is 0.194 e. The molecule has 0 radical (unpaired) electrons. The summed E-state index contributed by atoms with van der Waals surface area (Å²) in [5, 5.41) is 8.94. The van der Waals surface area contributed by atoms with Crippen LogP contribution in [0.3, 0.4) is 0 Å². The van der Waals surface area contributed by atoms with Gasteiger partial charge in [-0.25, -0.2) is 0 Å². The summed E-state index contributed by atoms with van der Waals surface area (Å²) in [7, 11) is 0. The van der Waals surface area contributed by atoms with Crippen LogP contribution in [-0.2, 0) is 0 Å². The molecule has 1 aromatic heterocycles. The Morgan fingerprint density at radius 2 is 1.32 bits per heavy atom. The van der Waals surface area contributed by atoms with Crippen LogP contribution in [-0.4, -0.2) is 0 Å².